The minimum absolute atomic E-state index is 0.0275. The molecule has 0 saturated carbocycles. The van der Waals surface area contributed by atoms with Crippen LogP contribution in [-0.2, 0) is 11.2 Å². The molecule has 0 aromatic heterocycles. The summed E-state index contributed by atoms with van der Waals surface area (Å²) in [7, 11) is 0. The Labute approximate surface area is 134 Å². The molecule has 0 fully saturated rings. The van der Waals surface area contributed by atoms with Crippen molar-refractivity contribution in [2.45, 2.75) is 65.1 Å². The van der Waals surface area contributed by atoms with Crippen LogP contribution in [0.2, 0.25) is 0 Å². The number of benzene rings is 1. The Balaban J connectivity index is 2.35. The molecule has 1 aromatic rings. The van der Waals surface area contributed by atoms with E-state index in [0.29, 0.717) is 6.04 Å². The molecule has 124 valence electrons. The number of hydrogen-bond donors (Lipinski definition) is 2. The number of rotatable bonds is 7. The monoisotopic (exact) mass is 306 g/mol. The number of nitrogens with one attached hydrogen (secondary N) is 2. The summed E-state index contributed by atoms with van der Waals surface area (Å²) in [5, 5.41) is 6.37. The van der Waals surface area contributed by atoms with Crippen molar-refractivity contribution >= 4 is 6.09 Å². The van der Waals surface area contributed by atoms with E-state index in [0.717, 1.165) is 19.4 Å². The van der Waals surface area contributed by atoms with Gasteiger partial charge in [-0.3, -0.25) is 0 Å². The summed E-state index contributed by atoms with van der Waals surface area (Å²) in [5.74, 6) is 0. The molecule has 2 unspecified atom stereocenters. The molecule has 0 aliphatic rings. The number of alkyl carbamates (subject to hydrolysis) is 1. The van der Waals surface area contributed by atoms with Gasteiger partial charge in [0.15, 0.2) is 0 Å². The van der Waals surface area contributed by atoms with Crippen LogP contribution in [0.15, 0.2) is 30.3 Å². The summed E-state index contributed by atoms with van der Waals surface area (Å²) in [6.45, 7) is 10.5. The lowest BCUT2D eigenvalue weighted by atomic mass is 10.0. The molecule has 0 aliphatic carbocycles. The number of ether oxygens (including phenoxy) is 1. The number of carbonyl (C=O) groups excluding carboxylic acids is 1. The fourth-order valence-corrected chi connectivity index (χ4v) is 2.16. The molecule has 2 atom stereocenters. The fourth-order valence-electron chi connectivity index (χ4n) is 2.16. The molecule has 0 spiro atoms. The van der Waals surface area contributed by atoms with Crippen LogP contribution in [-0.4, -0.2) is 30.3 Å². The molecule has 0 saturated heterocycles. The van der Waals surface area contributed by atoms with Crippen molar-refractivity contribution in [3.8, 4) is 0 Å². The number of hydrogen-bond acceptors (Lipinski definition) is 3. The van der Waals surface area contributed by atoms with Crippen molar-refractivity contribution in [1.29, 1.82) is 0 Å². The van der Waals surface area contributed by atoms with Gasteiger partial charge in [-0.15, -0.1) is 0 Å². The third-order valence-electron chi connectivity index (χ3n) is 3.29. The summed E-state index contributed by atoms with van der Waals surface area (Å²) in [6.07, 6.45) is 1.68. The molecule has 1 aromatic carbocycles. The Morgan fingerprint density at radius 3 is 2.41 bits per heavy atom. The van der Waals surface area contributed by atoms with Crippen LogP contribution in [0, 0.1) is 0 Å². The van der Waals surface area contributed by atoms with Gasteiger partial charge in [0, 0.05) is 18.6 Å². The zero-order chi connectivity index (χ0) is 16.6. The van der Waals surface area contributed by atoms with Gasteiger partial charge in [0.25, 0.3) is 0 Å². The van der Waals surface area contributed by atoms with E-state index in [9.17, 15) is 4.79 Å². The SMILES string of the molecule is CCC(Cc1ccccc1)NCC(C)NC(=O)OC(C)(C)C. The summed E-state index contributed by atoms with van der Waals surface area (Å²) in [5.41, 5.74) is 0.867. The highest BCUT2D eigenvalue weighted by molar-refractivity contribution is 5.68. The van der Waals surface area contributed by atoms with Crippen molar-refractivity contribution in [3.63, 3.8) is 0 Å². The van der Waals surface area contributed by atoms with E-state index in [1.54, 1.807) is 0 Å². The summed E-state index contributed by atoms with van der Waals surface area (Å²) < 4.78 is 5.26. The highest BCUT2D eigenvalue weighted by atomic mass is 16.6. The zero-order valence-electron chi connectivity index (χ0n) is 14.5. The van der Waals surface area contributed by atoms with Crippen LogP contribution in [0.25, 0.3) is 0 Å². The minimum atomic E-state index is -0.462. The largest absolute Gasteiger partial charge is 0.444 e. The molecule has 1 rings (SSSR count). The van der Waals surface area contributed by atoms with Gasteiger partial charge >= 0.3 is 6.09 Å². The second-order valence-corrected chi connectivity index (χ2v) is 6.75. The molecule has 4 heteroatoms. The third-order valence-corrected chi connectivity index (χ3v) is 3.29. The lowest BCUT2D eigenvalue weighted by Crippen LogP contribution is -2.45. The average molecular weight is 306 g/mol. The van der Waals surface area contributed by atoms with Gasteiger partial charge in [-0.05, 0) is 46.1 Å². The molecule has 0 aliphatic heterocycles. The van der Waals surface area contributed by atoms with E-state index < -0.39 is 5.60 Å². The summed E-state index contributed by atoms with van der Waals surface area (Å²) >= 11 is 0. The van der Waals surface area contributed by atoms with Gasteiger partial charge in [-0.25, -0.2) is 4.79 Å². The van der Waals surface area contributed by atoms with E-state index in [-0.39, 0.29) is 12.1 Å². The Hall–Kier alpha value is -1.55. The van der Waals surface area contributed by atoms with E-state index in [2.05, 4.69) is 41.8 Å². The highest BCUT2D eigenvalue weighted by Gasteiger charge is 2.18. The topological polar surface area (TPSA) is 50.4 Å². The van der Waals surface area contributed by atoms with Crippen LogP contribution >= 0.6 is 0 Å². The maximum Gasteiger partial charge on any atom is 0.407 e. The second-order valence-electron chi connectivity index (χ2n) is 6.75. The van der Waals surface area contributed by atoms with E-state index in [1.165, 1.54) is 5.56 Å². The van der Waals surface area contributed by atoms with Crippen molar-refractivity contribution in [2.75, 3.05) is 6.54 Å². The molecule has 4 nitrogen and oxygen atoms in total. The normalized spacial score (nSPS) is 14.2. The van der Waals surface area contributed by atoms with E-state index >= 15 is 0 Å². The zero-order valence-corrected chi connectivity index (χ0v) is 14.5. The van der Waals surface area contributed by atoms with Crippen molar-refractivity contribution in [2.24, 2.45) is 0 Å². The van der Waals surface area contributed by atoms with Gasteiger partial charge in [-0.2, -0.15) is 0 Å². The smallest absolute Gasteiger partial charge is 0.407 e. The minimum Gasteiger partial charge on any atom is -0.444 e. The van der Waals surface area contributed by atoms with E-state index in [4.69, 9.17) is 4.74 Å². The van der Waals surface area contributed by atoms with Crippen molar-refractivity contribution < 1.29 is 9.53 Å². The molecule has 0 heterocycles. The van der Waals surface area contributed by atoms with Crippen LogP contribution in [0.3, 0.4) is 0 Å². The van der Waals surface area contributed by atoms with Gasteiger partial charge in [0.2, 0.25) is 0 Å². The second kappa shape index (κ2) is 8.79. The first-order valence-corrected chi connectivity index (χ1v) is 8.07. The summed E-state index contributed by atoms with van der Waals surface area (Å²) in [4.78, 5) is 11.7. The fraction of sp³-hybridized carbons (Fsp3) is 0.611. The molecule has 22 heavy (non-hydrogen) atoms. The van der Waals surface area contributed by atoms with Gasteiger partial charge < -0.3 is 15.4 Å². The molecule has 0 bridgehead atoms. The molecular formula is C18H30N2O2. The first-order chi connectivity index (χ1) is 10.3. The van der Waals surface area contributed by atoms with Gasteiger partial charge in [0.1, 0.15) is 5.60 Å². The van der Waals surface area contributed by atoms with Crippen LogP contribution in [0.4, 0.5) is 4.79 Å². The number of amides is 1. The Morgan fingerprint density at radius 2 is 1.86 bits per heavy atom. The Kier molecular flexibility index (Phi) is 7.39. The molecule has 1 amide bonds. The van der Waals surface area contributed by atoms with Crippen LogP contribution in [0.1, 0.15) is 46.6 Å². The predicted octanol–water partition coefficient (Wildman–Crippen LogP) is 3.51. The van der Waals surface area contributed by atoms with E-state index in [1.807, 2.05) is 33.8 Å². The Bertz CT molecular complexity index is 440. The third kappa shape index (κ3) is 8.03. The summed E-state index contributed by atoms with van der Waals surface area (Å²) in [6, 6.07) is 10.9. The van der Waals surface area contributed by atoms with Crippen molar-refractivity contribution in [3.05, 3.63) is 35.9 Å². The quantitative estimate of drug-likeness (QED) is 0.810. The molecular weight excluding hydrogens is 276 g/mol. The highest BCUT2D eigenvalue weighted by Crippen LogP contribution is 2.07. The lowest BCUT2D eigenvalue weighted by molar-refractivity contribution is 0.0507. The maximum atomic E-state index is 11.7. The van der Waals surface area contributed by atoms with Crippen LogP contribution in [0.5, 0.6) is 0 Å². The molecule has 0 radical (unpaired) electrons. The van der Waals surface area contributed by atoms with Crippen molar-refractivity contribution in [1.82, 2.24) is 10.6 Å². The average Bonchev–Trinajstić information content (AvgIpc) is 2.42. The van der Waals surface area contributed by atoms with Crippen LogP contribution < -0.4 is 10.6 Å². The first kappa shape index (κ1) is 18.5. The predicted molar refractivity (Wildman–Crippen MR) is 91.1 cm³/mol. The standard InChI is InChI=1S/C18H30N2O2/c1-6-16(12-15-10-8-7-9-11-15)19-13-14(2)20-17(21)22-18(3,4)5/h7-11,14,16,19H,6,12-13H2,1-5H3,(H,20,21). The Morgan fingerprint density at radius 1 is 1.23 bits per heavy atom. The lowest BCUT2D eigenvalue weighted by Gasteiger charge is -2.24. The molecule has 2 N–H and O–H groups in total. The number of carbonyl (C=O) groups is 1. The van der Waals surface area contributed by atoms with Gasteiger partial charge in [0.05, 0.1) is 0 Å². The first-order valence-electron chi connectivity index (χ1n) is 8.07. The maximum absolute atomic E-state index is 11.7. The van der Waals surface area contributed by atoms with Gasteiger partial charge in [-0.1, -0.05) is 37.3 Å².